The zero-order valence-corrected chi connectivity index (χ0v) is 12.6. The standard InChI is InChI=1S/C16H19F2N3O/c1-10-5-11(2)21(19-10)15-4-3-13(17)6-12(15)7-20-8-14(18)16(22)9-20/h3-6,14,16,22H,7-9H2,1-2H3/t14-,16-/m1/s1. The van der Waals surface area contributed by atoms with Gasteiger partial charge in [-0.25, -0.2) is 13.5 Å². The van der Waals surface area contributed by atoms with Crippen LogP contribution in [0.3, 0.4) is 0 Å². The Hall–Kier alpha value is -1.79. The molecule has 1 aliphatic heterocycles. The van der Waals surface area contributed by atoms with Gasteiger partial charge in [-0.05, 0) is 43.7 Å². The molecule has 0 radical (unpaired) electrons. The van der Waals surface area contributed by atoms with Crippen molar-refractivity contribution in [2.75, 3.05) is 13.1 Å². The summed E-state index contributed by atoms with van der Waals surface area (Å²) in [6.07, 6.45) is -2.21. The molecule has 1 aromatic carbocycles. The summed E-state index contributed by atoms with van der Waals surface area (Å²) < 4.78 is 28.8. The SMILES string of the molecule is Cc1cc(C)n(-c2ccc(F)cc2CN2C[C@@H](O)[C@H](F)C2)n1. The number of rotatable bonds is 3. The smallest absolute Gasteiger partial charge is 0.140 e. The van der Waals surface area contributed by atoms with Crippen LogP contribution in [0.25, 0.3) is 5.69 Å². The lowest BCUT2D eigenvalue weighted by molar-refractivity contribution is 0.115. The molecular formula is C16H19F2N3O. The van der Waals surface area contributed by atoms with Crippen LogP contribution in [0.1, 0.15) is 17.0 Å². The van der Waals surface area contributed by atoms with Crippen LogP contribution in [0.5, 0.6) is 0 Å². The molecule has 4 nitrogen and oxygen atoms in total. The van der Waals surface area contributed by atoms with Crippen molar-refractivity contribution in [3.8, 4) is 5.69 Å². The van der Waals surface area contributed by atoms with E-state index in [4.69, 9.17) is 0 Å². The van der Waals surface area contributed by atoms with Crippen molar-refractivity contribution in [1.29, 1.82) is 0 Å². The summed E-state index contributed by atoms with van der Waals surface area (Å²) in [4.78, 5) is 1.79. The van der Waals surface area contributed by atoms with Gasteiger partial charge in [0.1, 0.15) is 12.0 Å². The molecule has 1 saturated heterocycles. The molecule has 118 valence electrons. The fourth-order valence-corrected chi connectivity index (χ4v) is 2.95. The highest BCUT2D eigenvalue weighted by atomic mass is 19.1. The molecule has 1 N–H and O–H groups in total. The Labute approximate surface area is 128 Å². The van der Waals surface area contributed by atoms with Crippen LogP contribution < -0.4 is 0 Å². The second-order valence-corrected chi connectivity index (χ2v) is 5.89. The van der Waals surface area contributed by atoms with E-state index in [-0.39, 0.29) is 18.9 Å². The van der Waals surface area contributed by atoms with E-state index in [2.05, 4.69) is 5.10 Å². The summed E-state index contributed by atoms with van der Waals surface area (Å²) in [5, 5.41) is 14.0. The maximum atomic E-state index is 13.6. The molecule has 1 aromatic heterocycles. The first-order chi connectivity index (χ1) is 10.4. The summed E-state index contributed by atoms with van der Waals surface area (Å²) in [5.41, 5.74) is 3.35. The number of halogens is 2. The summed E-state index contributed by atoms with van der Waals surface area (Å²) in [6, 6.07) is 6.48. The number of alkyl halides is 1. The zero-order valence-electron chi connectivity index (χ0n) is 12.6. The number of aromatic nitrogens is 2. The molecule has 1 fully saturated rings. The number of likely N-dealkylation sites (tertiary alicyclic amines) is 1. The van der Waals surface area contributed by atoms with Crippen LogP contribution in [0.4, 0.5) is 8.78 Å². The minimum Gasteiger partial charge on any atom is -0.389 e. The zero-order chi connectivity index (χ0) is 15.9. The molecule has 0 unspecified atom stereocenters. The summed E-state index contributed by atoms with van der Waals surface area (Å²) >= 11 is 0. The molecule has 2 heterocycles. The van der Waals surface area contributed by atoms with Crippen LogP contribution in [0.15, 0.2) is 24.3 Å². The van der Waals surface area contributed by atoms with Gasteiger partial charge in [-0.3, -0.25) is 4.90 Å². The van der Waals surface area contributed by atoms with Gasteiger partial charge in [0.2, 0.25) is 0 Å². The minimum absolute atomic E-state index is 0.161. The molecule has 2 atom stereocenters. The Morgan fingerprint density at radius 2 is 2.05 bits per heavy atom. The Bertz CT molecular complexity index is 676. The largest absolute Gasteiger partial charge is 0.389 e. The molecule has 6 heteroatoms. The average molecular weight is 307 g/mol. The van der Waals surface area contributed by atoms with Crippen LogP contribution in [0.2, 0.25) is 0 Å². The second-order valence-electron chi connectivity index (χ2n) is 5.89. The third-order valence-electron chi connectivity index (χ3n) is 3.97. The van der Waals surface area contributed by atoms with E-state index in [0.29, 0.717) is 6.54 Å². The lowest BCUT2D eigenvalue weighted by Gasteiger charge is -2.18. The van der Waals surface area contributed by atoms with Crippen LogP contribution >= 0.6 is 0 Å². The van der Waals surface area contributed by atoms with Gasteiger partial charge in [-0.1, -0.05) is 0 Å². The lowest BCUT2D eigenvalue weighted by Crippen LogP contribution is -2.22. The molecule has 22 heavy (non-hydrogen) atoms. The van der Waals surface area contributed by atoms with Crippen LogP contribution in [0, 0.1) is 19.7 Å². The second kappa shape index (κ2) is 5.78. The highest BCUT2D eigenvalue weighted by Crippen LogP contribution is 2.23. The first kappa shape index (κ1) is 15.1. The van der Waals surface area contributed by atoms with E-state index in [1.54, 1.807) is 15.6 Å². The Morgan fingerprint density at radius 1 is 1.27 bits per heavy atom. The van der Waals surface area contributed by atoms with E-state index >= 15 is 0 Å². The summed E-state index contributed by atoms with van der Waals surface area (Å²) in [7, 11) is 0. The van der Waals surface area contributed by atoms with E-state index in [0.717, 1.165) is 22.6 Å². The van der Waals surface area contributed by atoms with E-state index in [9.17, 15) is 13.9 Å². The minimum atomic E-state index is -1.24. The molecule has 1 aliphatic rings. The molecule has 0 aliphatic carbocycles. The number of aliphatic hydroxyl groups is 1. The normalized spacial score (nSPS) is 22.4. The first-order valence-corrected chi connectivity index (χ1v) is 7.30. The Kier molecular flexibility index (Phi) is 3.97. The van der Waals surface area contributed by atoms with Crippen molar-refractivity contribution in [3.05, 3.63) is 47.0 Å². The third-order valence-corrected chi connectivity index (χ3v) is 3.97. The Morgan fingerprint density at radius 3 is 2.64 bits per heavy atom. The Balaban J connectivity index is 1.93. The molecule has 0 amide bonds. The summed E-state index contributed by atoms with van der Waals surface area (Å²) in [6.45, 7) is 4.63. The first-order valence-electron chi connectivity index (χ1n) is 7.30. The topological polar surface area (TPSA) is 41.3 Å². The van der Waals surface area contributed by atoms with E-state index in [1.165, 1.54) is 12.1 Å². The predicted molar refractivity (Wildman–Crippen MR) is 79.2 cm³/mol. The van der Waals surface area contributed by atoms with Crippen molar-refractivity contribution < 1.29 is 13.9 Å². The number of aryl methyl sites for hydroxylation is 2. The van der Waals surface area contributed by atoms with Gasteiger partial charge in [-0.15, -0.1) is 0 Å². The van der Waals surface area contributed by atoms with Crippen molar-refractivity contribution >= 4 is 0 Å². The fraction of sp³-hybridized carbons (Fsp3) is 0.438. The lowest BCUT2D eigenvalue weighted by atomic mass is 10.1. The van der Waals surface area contributed by atoms with Gasteiger partial charge in [0.15, 0.2) is 0 Å². The predicted octanol–water partition coefficient (Wildman–Crippen LogP) is 2.14. The maximum Gasteiger partial charge on any atom is 0.140 e. The quantitative estimate of drug-likeness (QED) is 0.944. The average Bonchev–Trinajstić information content (AvgIpc) is 2.92. The van der Waals surface area contributed by atoms with Crippen molar-refractivity contribution in [2.24, 2.45) is 0 Å². The maximum absolute atomic E-state index is 13.6. The van der Waals surface area contributed by atoms with Crippen molar-refractivity contribution in [3.63, 3.8) is 0 Å². The van der Waals surface area contributed by atoms with E-state index < -0.39 is 12.3 Å². The number of β-amino-alcohol motifs (C(OH)–C–C–N with tert-alkyl or cyclic N) is 1. The fourth-order valence-electron chi connectivity index (χ4n) is 2.95. The number of nitrogens with zero attached hydrogens (tertiary/aromatic N) is 3. The van der Waals surface area contributed by atoms with Gasteiger partial charge < -0.3 is 5.11 Å². The molecule has 2 aromatic rings. The van der Waals surface area contributed by atoms with Gasteiger partial charge >= 0.3 is 0 Å². The number of hydrogen-bond donors (Lipinski definition) is 1. The molecule has 0 bridgehead atoms. The number of hydrogen-bond acceptors (Lipinski definition) is 3. The van der Waals surface area contributed by atoms with Crippen LogP contribution in [-0.2, 0) is 6.54 Å². The van der Waals surface area contributed by atoms with Gasteiger partial charge in [0.25, 0.3) is 0 Å². The molecule has 3 rings (SSSR count). The van der Waals surface area contributed by atoms with Crippen molar-refractivity contribution in [1.82, 2.24) is 14.7 Å². The van der Waals surface area contributed by atoms with Crippen molar-refractivity contribution in [2.45, 2.75) is 32.7 Å². The van der Waals surface area contributed by atoms with E-state index in [1.807, 2.05) is 19.9 Å². The highest BCUT2D eigenvalue weighted by molar-refractivity contribution is 5.42. The molecule has 0 saturated carbocycles. The molecular weight excluding hydrogens is 288 g/mol. The van der Waals surface area contributed by atoms with Crippen LogP contribution in [-0.4, -0.2) is 45.2 Å². The number of aliphatic hydroxyl groups excluding tert-OH is 1. The number of benzene rings is 1. The highest BCUT2D eigenvalue weighted by Gasteiger charge is 2.31. The van der Waals surface area contributed by atoms with Gasteiger partial charge in [0, 0.05) is 25.3 Å². The van der Waals surface area contributed by atoms with Gasteiger partial charge in [0.05, 0.1) is 17.5 Å². The summed E-state index contributed by atoms with van der Waals surface area (Å²) in [5.74, 6) is -0.336. The third kappa shape index (κ3) is 2.89. The monoisotopic (exact) mass is 307 g/mol. The molecule has 0 spiro atoms. The van der Waals surface area contributed by atoms with Gasteiger partial charge in [-0.2, -0.15) is 5.10 Å².